The smallest absolute Gasteiger partial charge is 0.137 e. The molecular formula is C17H15N3O. The Balaban J connectivity index is 2.19. The summed E-state index contributed by atoms with van der Waals surface area (Å²) in [5, 5.41) is 9.11. The summed E-state index contributed by atoms with van der Waals surface area (Å²) < 4.78 is 7.60. The van der Waals surface area contributed by atoms with E-state index >= 15 is 0 Å². The first-order valence-corrected chi connectivity index (χ1v) is 6.85. The molecule has 3 rings (SSSR count). The van der Waals surface area contributed by atoms with Crippen molar-refractivity contribution in [2.24, 2.45) is 0 Å². The molecule has 2 aromatic heterocycles. The Hall–Kier alpha value is -2.80. The Morgan fingerprint density at radius 2 is 2.05 bits per heavy atom. The highest BCUT2D eigenvalue weighted by Gasteiger charge is 2.11. The van der Waals surface area contributed by atoms with E-state index in [-0.39, 0.29) is 0 Å². The topological polar surface area (TPSA) is 50.3 Å². The molecule has 4 nitrogen and oxygen atoms in total. The molecule has 0 amide bonds. The SMILES string of the molecule is CCOc1ccccc1-c1cn2c(C)c(C#N)ccc2n1. The summed E-state index contributed by atoms with van der Waals surface area (Å²) in [6.07, 6.45) is 1.95. The van der Waals surface area contributed by atoms with Crippen LogP contribution in [0.5, 0.6) is 5.75 Å². The number of hydrogen-bond donors (Lipinski definition) is 0. The molecule has 0 unspecified atom stereocenters. The van der Waals surface area contributed by atoms with E-state index in [1.807, 2.05) is 54.8 Å². The highest BCUT2D eigenvalue weighted by atomic mass is 16.5. The number of benzene rings is 1. The molecule has 0 bridgehead atoms. The highest BCUT2D eigenvalue weighted by molar-refractivity contribution is 5.69. The monoisotopic (exact) mass is 277 g/mol. The number of pyridine rings is 1. The molecule has 0 aliphatic heterocycles. The molecule has 2 heterocycles. The molecule has 0 saturated heterocycles. The number of imidazole rings is 1. The van der Waals surface area contributed by atoms with Crippen LogP contribution in [-0.2, 0) is 0 Å². The van der Waals surface area contributed by atoms with E-state index in [4.69, 9.17) is 10.00 Å². The van der Waals surface area contributed by atoms with Gasteiger partial charge in [0.05, 0.1) is 17.9 Å². The van der Waals surface area contributed by atoms with Crippen LogP contribution < -0.4 is 4.74 Å². The molecule has 21 heavy (non-hydrogen) atoms. The van der Waals surface area contributed by atoms with Crippen LogP contribution in [0.3, 0.4) is 0 Å². The Morgan fingerprint density at radius 3 is 2.81 bits per heavy atom. The van der Waals surface area contributed by atoms with Crippen LogP contribution in [0.25, 0.3) is 16.9 Å². The summed E-state index contributed by atoms with van der Waals surface area (Å²) >= 11 is 0. The molecule has 0 atom stereocenters. The summed E-state index contributed by atoms with van der Waals surface area (Å²) in [7, 11) is 0. The van der Waals surface area contributed by atoms with Gasteiger partial charge in [0.15, 0.2) is 0 Å². The van der Waals surface area contributed by atoms with E-state index in [2.05, 4.69) is 11.1 Å². The van der Waals surface area contributed by atoms with Crippen molar-refractivity contribution < 1.29 is 4.74 Å². The average molecular weight is 277 g/mol. The molecule has 0 spiro atoms. The molecule has 4 heteroatoms. The van der Waals surface area contributed by atoms with Crippen molar-refractivity contribution in [1.82, 2.24) is 9.38 Å². The first-order chi connectivity index (χ1) is 10.2. The molecule has 0 N–H and O–H groups in total. The Morgan fingerprint density at radius 1 is 1.24 bits per heavy atom. The second kappa shape index (κ2) is 5.29. The van der Waals surface area contributed by atoms with Gasteiger partial charge in [-0.3, -0.25) is 0 Å². The number of nitrogens with zero attached hydrogens (tertiary/aromatic N) is 3. The lowest BCUT2D eigenvalue weighted by Gasteiger charge is -2.07. The summed E-state index contributed by atoms with van der Waals surface area (Å²) in [6, 6.07) is 13.7. The number of ether oxygens (including phenoxy) is 1. The number of hydrogen-bond acceptors (Lipinski definition) is 3. The minimum absolute atomic E-state index is 0.613. The van der Waals surface area contributed by atoms with Crippen molar-refractivity contribution in [3.63, 3.8) is 0 Å². The minimum atomic E-state index is 0.613. The van der Waals surface area contributed by atoms with Crippen LogP contribution in [0.15, 0.2) is 42.6 Å². The second-order valence-electron chi connectivity index (χ2n) is 4.73. The zero-order chi connectivity index (χ0) is 14.8. The van der Waals surface area contributed by atoms with E-state index in [1.54, 1.807) is 6.07 Å². The predicted octanol–water partition coefficient (Wildman–Crippen LogP) is 3.58. The quantitative estimate of drug-likeness (QED) is 0.735. The third-order valence-corrected chi connectivity index (χ3v) is 3.47. The number of para-hydroxylation sites is 1. The molecule has 0 aliphatic carbocycles. The van der Waals surface area contributed by atoms with Gasteiger partial charge in [0, 0.05) is 17.5 Å². The van der Waals surface area contributed by atoms with Crippen LogP contribution >= 0.6 is 0 Å². The van der Waals surface area contributed by atoms with Gasteiger partial charge in [0.1, 0.15) is 17.5 Å². The lowest BCUT2D eigenvalue weighted by atomic mass is 10.1. The molecule has 0 fully saturated rings. The van der Waals surface area contributed by atoms with Crippen molar-refractivity contribution in [2.45, 2.75) is 13.8 Å². The van der Waals surface area contributed by atoms with Crippen LogP contribution in [-0.4, -0.2) is 16.0 Å². The predicted molar refractivity (Wildman–Crippen MR) is 81.2 cm³/mol. The van der Waals surface area contributed by atoms with E-state index < -0.39 is 0 Å². The van der Waals surface area contributed by atoms with Crippen molar-refractivity contribution in [1.29, 1.82) is 5.26 Å². The summed E-state index contributed by atoms with van der Waals surface area (Å²) in [6.45, 7) is 4.50. The van der Waals surface area contributed by atoms with Crippen molar-refractivity contribution in [2.75, 3.05) is 6.61 Å². The van der Waals surface area contributed by atoms with Gasteiger partial charge in [-0.1, -0.05) is 12.1 Å². The van der Waals surface area contributed by atoms with Gasteiger partial charge >= 0.3 is 0 Å². The standard InChI is InChI=1S/C17H15N3O/c1-3-21-16-7-5-4-6-14(16)15-11-20-12(2)13(10-18)8-9-17(20)19-15/h4-9,11H,3H2,1-2H3. The third-order valence-electron chi connectivity index (χ3n) is 3.47. The fourth-order valence-electron chi connectivity index (χ4n) is 2.40. The number of nitriles is 1. The van der Waals surface area contributed by atoms with Gasteiger partial charge < -0.3 is 9.14 Å². The van der Waals surface area contributed by atoms with Gasteiger partial charge in [-0.2, -0.15) is 5.26 Å². The zero-order valence-electron chi connectivity index (χ0n) is 12.0. The van der Waals surface area contributed by atoms with E-state index in [0.717, 1.165) is 28.3 Å². The minimum Gasteiger partial charge on any atom is -0.493 e. The lowest BCUT2D eigenvalue weighted by Crippen LogP contribution is -1.93. The van der Waals surface area contributed by atoms with Crippen LogP contribution in [0.1, 0.15) is 18.2 Å². The average Bonchev–Trinajstić information content (AvgIpc) is 2.93. The maximum absolute atomic E-state index is 9.11. The van der Waals surface area contributed by atoms with Crippen molar-refractivity contribution in [3.8, 4) is 23.1 Å². The molecule has 0 saturated carbocycles. The normalized spacial score (nSPS) is 10.5. The first-order valence-electron chi connectivity index (χ1n) is 6.85. The lowest BCUT2D eigenvalue weighted by molar-refractivity contribution is 0.341. The fraction of sp³-hybridized carbons (Fsp3) is 0.176. The fourth-order valence-corrected chi connectivity index (χ4v) is 2.40. The summed E-state index contributed by atoms with van der Waals surface area (Å²) in [4.78, 5) is 4.64. The zero-order valence-corrected chi connectivity index (χ0v) is 12.0. The van der Waals surface area contributed by atoms with Crippen molar-refractivity contribution >= 4 is 5.65 Å². The molecule has 0 radical (unpaired) electrons. The Bertz CT molecular complexity index is 843. The second-order valence-corrected chi connectivity index (χ2v) is 4.73. The molecule has 104 valence electrons. The van der Waals surface area contributed by atoms with Gasteiger partial charge in [-0.05, 0) is 38.1 Å². The van der Waals surface area contributed by atoms with E-state index in [9.17, 15) is 0 Å². The van der Waals surface area contributed by atoms with E-state index in [1.165, 1.54) is 0 Å². The maximum atomic E-state index is 9.11. The molecule has 1 aromatic carbocycles. The Labute approximate surface area is 123 Å². The van der Waals surface area contributed by atoms with Gasteiger partial charge in [0.25, 0.3) is 0 Å². The van der Waals surface area contributed by atoms with E-state index in [0.29, 0.717) is 12.2 Å². The molecule has 3 aromatic rings. The number of rotatable bonds is 3. The van der Waals surface area contributed by atoms with Crippen LogP contribution in [0.2, 0.25) is 0 Å². The number of aryl methyl sites for hydroxylation is 1. The molecular weight excluding hydrogens is 262 g/mol. The molecule has 0 aliphatic rings. The van der Waals surface area contributed by atoms with Gasteiger partial charge in [-0.25, -0.2) is 4.98 Å². The summed E-state index contributed by atoms with van der Waals surface area (Å²) in [5.74, 6) is 0.821. The third kappa shape index (κ3) is 2.23. The highest BCUT2D eigenvalue weighted by Crippen LogP contribution is 2.29. The van der Waals surface area contributed by atoms with Gasteiger partial charge in [-0.15, -0.1) is 0 Å². The maximum Gasteiger partial charge on any atom is 0.137 e. The Kier molecular flexibility index (Phi) is 3.33. The summed E-state index contributed by atoms with van der Waals surface area (Å²) in [5.41, 5.74) is 4.18. The van der Waals surface area contributed by atoms with Gasteiger partial charge in [0.2, 0.25) is 0 Å². The van der Waals surface area contributed by atoms with Crippen LogP contribution in [0.4, 0.5) is 0 Å². The largest absolute Gasteiger partial charge is 0.493 e. The van der Waals surface area contributed by atoms with Crippen LogP contribution in [0, 0.1) is 18.3 Å². The number of fused-ring (bicyclic) bond motifs is 1. The van der Waals surface area contributed by atoms with Crippen molar-refractivity contribution in [3.05, 3.63) is 53.9 Å². The number of aromatic nitrogens is 2. The first kappa shape index (κ1) is 13.2.